The zero-order valence-electron chi connectivity index (χ0n) is 18.0. The van der Waals surface area contributed by atoms with Gasteiger partial charge < -0.3 is 9.88 Å². The van der Waals surface area contributed by atoms with Gasteiger partial charge >= 0.3 is 0 Å². The number of carbonyl (C=O) groups excluding carboxylic acids is 3. The molecule has 2 aromatic carbocycles. The molecule has 4 heterocycles. The lowest BCUT2D eigenvalue weighted by atomic mass is 9.98. The fraction of sp³-hybridized carbons (Fsp3) is 0.200. The predicted molar refractivity (Wildman–Crippen MR) is 122 cm³/mol. The van der Waals surface area contributed by atoms with Gasteiger partial charge in [-0.2, -0.15) is 5.10 Å². The van der Waals surface area contributed by atoms with Crippen molar-refractivity contribution in [2.75, 3.05) is 0 Å². The van der Waals surface area contributed by atoms with E-state index >= 15 is 0 Å². The van der Waals surface area contributed by atoms with Crippen LogP contribution in [0, 0.1) is 0 Å². The summed E-state index contributed by atoms with van der Waals surface area (Å²) in [4.78, 5) is 41.6. The third-order valence-corrected chi connectivity index (χ3v) is 6.60. The smallest absolute Gasteiger partial charge is 0.255 e. The van der Waals surface area contributed by atoms with Crippen molar-refractivity contribution in [3.8, 4) is 22.4 Å². The normalized spacial score (nSPS) is 18.2. The molecule has 1 fully saturated rings. The summed E-state index contributed by atoms with van der Waals surface area (Å²) in [5, 5.41) is 7.99. The highest BCUT2D eigenvalue weighted by Crippen LogP contribution is 2.36. The Morgan fingerprint density at radius 2 is 1.85 bits per heavy atom. The van der Waals surface area contributed by atoms with Crippen LogP contribution in [0.25, 0.3) is 33.3 Å². The zero-order chi connectivity index (χ0) is 22.7. The van der Waals surface area contributed by atoms with Gasteiger partial charge in [-0.25, -0.2) is 0 Å². The summed E-state index contributed by atoms with van der Waals surface area (Å²) in [6, 6.07) is 13.4. The number of benzene rings is 2. The molecule has 0 bridgehead atoms. The van der Waals surface area contributed by atoms with Gasteiger partial charge in [0.1, 0.15) is 6.04 Å². The average Bonchev–Trinajstić information content (AvgIpc) is 3.50. The summed E-state index contributed by atoms with van der Waals surface area (Å²) in [5.41, 5.74) is 6.48. The number of nitrogens with one attached hydrogen (secondary N) is 2. The lowest BCUT2D eigenvalue weighted by Crippen LogP contribution is -2.52. The second-order valence-corrected chi connectivity index (χ2v) is 8.58. The van der Waals surface area contributed by atoms with E-state index in [4.69, 9.17) is 0 Å². The molecule has 4 aromatic rings. The van der Waals surface area contributed by atoms with Gasteiger partial charge in [-0.1, -0.05) is 18.2 Å². The van der Waals surface area contributed by atoms with Gasteiger partial charge in [0.15, 0.2) is 0 Å². The molecule has 2 N–H and O–H groups in total. The lowest BCUT2D eigenvalue weighted by molar-refractivity contribution is -0.136. The fourth-order valence-corrected chi connectivity index (χ4v) is 4.93. The molecule has 33 heavy (non-hydrogen) atoms. The highest BCUT2D eigenvalue weighted by Gasteiger charge is 2.39. The maximum Gasteiger partial charge on any atom is 0.255 e. The number of fused-ring (bicyclic) bond motifs is 2. The van der Waals surface area contributed by atoms with E-state index < -0.39 is 11.9 Å². The Hall–Kier alpha value is -4.20. The first-order valence-electron chi connectivity index (χ1n) is 10.9. The molecule has 2 aliphatic rings. The van der Waals surface area contributed by atoms with Crippen molar-refractivity contribution in [3.05, 3.63) is 66.0 Å². The molecule has 1 unspecified atom stereocenters. The third kappa shape index (κ3) is 3.06. The molecule has 0 radical (unpaired) electrons. The minimum atomic E-state index is -0.618. The number of aromatic amines is 1. The highest BCUT2D eigenvalue weighted by molar-refractivity contribution is 6.05. The van der Waals surface area contributed by atoms with Crippen molar-refractivity contribution >= 4 is 28.6 Å². The van der Waals surface area contributed by atoms with Crippen molar-refractivity contribution in [2.24, 2.45) is 7.05 Å². The Kier molecular flexibility index (Phi) is 4.23. The first kappa shape index (κ1) is 19.5. The number of hydrogen-bond donors (Lipinski definition) is 2. The zero-order valence-corrected chi connectivity index (χ0v) is 18.0. The number of piperidine rings is 1. The standard InChI is InChI=1S/C25H21N5O3/c1-29-23(16-3-2-14-8-9-26-20(14)11-16)19(12-27-29)15-4-5-18-17(10-15)13-30(25(18)33)21-6-7-22(31)28-24(21)32/h2-5,8-12,21,26H,6-7,13H2,1H3,(H,28,31,32). The quantitative estimate of drug-likeness (QED) is 0.479. The number of carbonyl (C=O) groups is 3. The van der Waals surface area contributed by atoms with Crippen molar-refractivity contribution in [1.29, 1.82) is 0 Å². The van der Waals surface area contributed by atoms with Gasteiger partial charge in [0, 0.05) is 48.4 Å². The van der Waals surface area contributed by atoms with E-state index in [1.165, 1.54) is 0 Å². The second-order valence-electron chi connectivity index (χ2n) is 8.58. The number of rotatable bonds is 3. The average molecular weight is 439 g/mol. The Balaban J connectivity index is 1.36. The van der Waals surface area contributed by atoms with E-state index in [0.29, 0.717) is 18.5 Å². The first-order chi connectivity index (χ1) is 16.0. The highest BCUT2D eigenvalue weighted by atomic mass is 16.2. The molecule has 164 valence electrons. The van der Waals surface area contributed by atoms with Crippen molar-refractivity contribution in [3.63, 3.8) is 0 Å². The maximum absolute atomic E-state index is 13.0. The Labute approximate surface area is 189 Å². The van der Waals surface area contributed by atoms with Gasteiger partial charge in [0.2, 0.25) is 11.8 Å². The van der Waals surface area contributed by atoms with Gasteiger partial charge in [0.25, 0.3) is 5.91 Å². The number of H-pyrrole nitrogens is 1. The molecule has 0 aliphatic carbocycles. The van der Waals surface area contributed by atoms with Crippen LogP contribution < -0.4 is 5.32 Å². The Bertz CT molecular complexity index is 1460. The number of aromatic nitrogens is 3. The lowest BCUT2D eigenvalue weighted by Gasteiger charge is -2.29. The van der Waals surface area contributed by atoms with Crippen LogP contribution in [0.1, 0.15) is 28.8 Å². The van der Waals surface area contributed by atoms with E-state index in [9.17, 15) is 14.4 Å². The summed E-state index contributed by atoms with van der Waals surface area (Å²) >= 11 is 0. The minimum absolute atomic E-state index is 0.172. The Morgan fingerprint density at radius 1 is 1.00 bits per heavy atom. The van der Waals surface area contributed by atoms with E-state index in [0.717, 1.165) is 38.9 Å². The summed E-state index contributed by atoms with van der Waals surface area (Å²) in [5.74, 6) is -0.860. The molecular formula is C25H21N5O3. The van der Waals surface area contributed by atoms with Crippen LogP contribution in [0.3, 0.4) is 0 Å². The summed E-state index contributed by atoms with van der Waals surface area (Å²) in [6.07, 6.45) is 4.35. The molecule has 6 rings (SSSR count). The van der Waals surface area contributed by atoms with Gasteiger partial charge in [-0.05, 0) is 47.2 Å². The van der Waals surface area contributed by atoms with Crippen molar-refractivity contribution < 1.29 is 14.4 Å². The monoisotopic (exact) mass is 439 g/mol. The molecule has 0 spiro atoms. The summed E-state index contributed by atoms with van der Waals surface area (Å²) < 4.78 is 1.85. The van der Waals surface area contributed by atoms with Crippen LogP contribution in [0.5, 0.6) is 0 Å². The molecule has 0 saturated carbocycles. The van der Waals surface area contributed by atoms with Crippen molar-refractivity contribution in [2.45, 2.75) is 25.4 Å². The Morgan fingerprint density at radius 3 is 2.70 bits per heavy atom. The number of amides is 3. The molecule has 1 atom stereocenters. The van der Waals surface area contributed by atoms with E-state index in [-0.39, 0.29) is 18.2 Å². The summed E-state index contributed by atoms with van der Waals surface area (Å²) in [6.45, 7) is 0.346. The topological polar surface area (TPSA) is 100 Å². The van der Waals surface area contributed by atoms with Gasteiger partial charge in [0.05, 0.1) is 11.9 Å². The largest absolute Gasteiger partial charge is 0.361 e. The van der Waals surface area contributed by atoms with Gasteiger partial charge in [-0.15, -0.1) is 0 Å². The molecule has 8 nitrogen and oxygen atoms in total. The van der Waals surface area contributed by atoms with Crippen LogP contribution >= 0.6 is 0 Å². The first-order valence-corrected chi connectivity index (χ1v) is 10.9. The number of hydrogen-bond acceptors (Lipinski definition) is 4. The second kappa shape index (κ2) is 7.16. The van der Waals surface area contributed by atoms with Crippen LogP contribution in [0.4, 0.5) is 0 Å². The number of nitrogens with zero attached hydrogens (tertiary/aromatic N) is 3. The van der Waals surface area contributed by atoms with E-state index in [2.05, 4.69) is 33.6 Å². The molecule has 2 aliphatic heterocycles. The van der Waals surface area contributed by atoms with Gasteiger partial charge in [-0.3, -0.25) is 24.4 Å². The number of aryl methyl sites for hydroxylation is 1. The molecule has 1 saturated heterocycles. The van der Waals surface area contributed by atoms with Crippen LogP contribution in [-0.4, -0.2) is 43.4 Å². The molecule has 3 amide bonds. The molecular weight excluding hydrogens is 418 g/mol. The fourth-order valence-electron chi connectivity index (χ4n) is 4.93. The van der Waals surface area contributed by atoms with Crippen LogP contribution in [0.15, 0.2) is 54.9 Å². The maximum atomic E-state index is 13.0. The number of imide groups is 1. The predicted octanol–water partition coefficient (Wildman–Crippen LogP) is 3.00. The van der Waals surface area contributed by atoms with Crippen molar-refractivity contribution in [1.82, 2.24) is 25.0 Å². The van der Waals surface area contributed by atoms with E-state index in [1.54, 1.807) is 4.90 Å². The summed E-state index contributed by atoms with van der Waals surface area (Å²) in [7, 11) is 1.92. The van der Waals surface area contributed by atoms with Crippen LogP contribution in [-0.2, 0) is 23.2 Å². The minimum Gasteiger partial charge on any atom is -0.361 e. The third-order valence-electron chi connectivity index (χ3n) is 6.60. The SMILES string of the molecule is Cn1ncc(-c2ccc3c(c2)CN(C2CCC(=O)NC2=O)C3=O)c1-c1ccc2cc[nH]c2c1. The molecule has 8 heteroatoms. The van der Waals surface area contributed by atoms with Crippen LogP contribution in [0.2, 0.25) is 0 Å². The molecule has 2 aromatic heterocycles. The van der Waals surface area contributed by atoms with E-state index in [1.807, 2.05) is 48.4 Å².